The summed E-state index contributed by atoms with van der Waals surface area (Å²) in [5.41, 5.74) is -0.397. The normalized spacial score (nSPS) is 27.1. The lowest BCUT2D eigenvalue weighted by Crippen LogP contribution is -2.47. The van der Waals surface area contributed by atoms with Crippen LogP contribution in [0.3, 0.4) is 0 Å². The fourth-order valence-corrected chi connectivity index (χ4v) is 2.75. The van der Waals surface area contributed by atoms with Crippen molar-refractivity contribution in [2.45, 2.75) is 32.8 Å². The maximum absolute atomic E-state index is 5.75. The van der Waals surface area contributed by atoms with Gasteiger partial charge in [-0.2, -0.15) is 0 Å². The quantitative estimate of drug-likeness (QED) is 0.766. The zero-order valence-corrected chi connectivity index (χ0v) is 11.6. The van der Waals surface area contributed by atoms with Gasteiger partial charge >= 0.3 is 0 Å². The Labute approximate surface area is 100 Å². The van der Waals surface area contributed by atoms with Crippen LogP contribution < -0.4 is 0 Å². The molecular formula is C12H19BrO2. The third-order valence-electron chi connectivity index (χ3n) is 3.02. The van der Waals surface area contributed by atoms with Crippen LogP contribution in [0.5, 0.6) is 0 Å². The van der Waals surface area contributed by atoms with Crippen LogP contribution in [0.15, 0.2) is 22.4 Å². The number of methoxy groups -OCH3 is 2. The molecule has 0 fully saturated rings. The highest BCUT2D eigenvalue weighted by molar-refractivity contribution is 9.11. The first-order valence-corrected chi connectivity index (χ1v) is 5.84. The minimum Gasteiger partial charge on any atom is -0.497 e. The lowest BCUT2D eigenvalue weighted by Gasteiger charge is -2.45. The molecule has 0 heterocycles. The summed E-state index contributed by atoms with van der Waals surface area (Å²) < 4.78 is 12.2. The molecule has 1 unspecified atom stereocenters. The predicted octanol–water partition coefficient (Wildman–Crippen LogP) is 3.63. The Morgan fingerprint density at radius 3 is 2.27 bits per heavy atom. The van der Waals surface area contributed by atoms with E-state index in [2.05, 4.69) is 42.8 Å². The molecule has 0 aromatic rings. The SMILES string of the molecule is COC1=C(Br)C=CCC1(OC)C(C)(C)C. The summed E-state index contributed by atoms with van der Waals surface area (Å²) in [5, 5.41) is 0. The standard InChI is InChI=1S/C12H19BrO2/c1-11(2,3)12(15-5)8-6-7-9(13)10(12)14-4/h6-7H,8H2,1-5H3. The van der Waals surface area contributed by atoms with E-state index < -0.39 is 0 Å². The maximum atomic E-state index is 5.75. The highest BCUT2D eigenvalue weighted by Gasteiger charge is 2.48. The Morgan fingerprint density at radius 2 is 1.93 bits per heavy atom. The zero-order chi connectivity index (χ0) is 11.7. The minimum absolute atomic E-state index is 0.0170. The third kappa shape index (κ3) is 2.00. The summed E-state index contributed by atoms with van der Waals surface area (Å²) in [4.78, 5) is 0. The van der Waals surface area contributed by atoms with Crippen molar-refractivity contribution in [1.29, 1.82) is 0 Å². The van der Waals surface area contributed by atoms with Crippen molar-refractivity contribution >= 4 is 15.9 Å². The molecule has 1 aliphatic carbocycles. The lowest BCUT2D eigenvalue weighted by atomic mass is 9.71. The van der Waals surface area contributed by atoms with Crippen molar-refractivity contribution in [2.24, 2.45) is 5.41 Å². The van der Waals surface area contributed by atoms with E-state index in [1.165, 1.54) is 0 Å². The van der Waals surface area contributed by atoms with E-state index in [1.807, 2.05) is 6.08 Å². The zero-order valence-electron chi connectivity index (χ0n) is 10.1. The monoisotopic (exact) mass is 274 g/mol. The second-order valence-electron chi connectivity index (χ2n) is 4.77. The molecule has 3 heteroatoms. The van der Waals surface area contributed by atoms with Gasteiger partial charge in [-0.05, 0) is 27.4 Å². The Balaban J connectivity index is 3.27. The van der Waals surface area contributed by atoms with E-state index in [0.29, 0.717) is 0 Å². The molecule has 86 valence electrons. The number of ether oxygens (including phenoxy) is 2. The van der Waals surface area contributed by atoms with Crippen molar-refractivity contribution in [1.82, 2.24) is 0 Å². The molecule has 0 aromatic heterocycles. The predicted molar refractivity (Wildman–Crippen MR) is 65.9 cm³/mol. The van der Waals surface area contributed by atoms with E-state index in [4.69, 9.17) is 9.47 Å². The fraction of sp³-hybridized carbons (Fsp3) is 0.667. The van der Waals surface area contributed by atoms with Gasteiger partial charge in [-0.25, -0.2) is 0 Å². The average Bonchev–Trinajstić information content (AvgIpc) is 2.15. The summed E-state index contributed by atoms with van der Waals surface area (Å²) in [6.45, 7) is 6.48. The minimum atomic E-state index is -0.380. The van der Waals surface area contributed by atoms with Crippen molar-refractivity contribution < 1.29 is 9.47 Å². The van der Waals surface area contributed by atoms with E-state index in [-0.39, 0.29) is 11.0 Å². The van der Waals surface area contributed by atoms with Crippen molar-refractivity contribution in [3.8, 4) is 0 Å². The van der Waals surface area contributed by atoms with E-state index >= 15 is 0 Å². The Morgan fingerprint density at radius 1 is 1.33 bits per heavy atom. The molecule has 1 rings (SSSR count). The number of hydrogen-bond donors (Lipinski definition) is 0. The van der Waals surface area contributed by atoms with Gasteiger partial charge in [0.2, 0.25) is 0 Å². The van der Waals surface area contributed by atoms with Gasteiger partial charge in [0.05, 0.1) is 11.6 Å². The molecule has 0 saturated heterocycles. The second kappa shape index (κ2) is 4.30. The highest BCUT2D eigenvalue weighted by atomic mass is 79.9. The molecule has 0 aliphatic heterocycles. The van der Waals surface area contributed by atoms with Crippen LogP contribution in [0.4, 0.5) is 0 Å². The van der Waals surface area contributed by atoms with Crippen LogP contribution >= 0.6 is 15.9 Å². The fourth-order valence-electron chi connectivity index (χ4n) is 2.08. The van der Waals surface area contributed by atoms with Gasteiger partial charge in [0.25, 0.3) is 0 Å². The maximum Gasteiger partial charge on any atom is 0.142 e. The molecule has 1 atom stereocenters. The Hall–Kier alpha value is -0.280. The van der Waals surface area contributed by atoms with Gasteiger partial charge in [0.15, 0.2) is 0 Å². The molecular weight excluding hydrogens is 256 g/mol. The van der Waals surface area contributed by atoms with Crippen molar-refractivity contribution in [2.75, 3.05) is 14.2 Å². The first-order valence-electron chi connectivity index (χ1n) is 5.05. The van der Waals surface area contributed by atoms with Crippen LogP contribution in [0.1, 0.15) is 27.2 Å². The van der Waals surface area contributed by atoms with Crippen molar-refractivity contribution in [3.63, 3.8) is 0 Å². The Kier molecular flexibility index (Phi) is 3.67. The number of allylic oxidation sites excluding steroid dienone is 2. The van der Waals surface area contributed by atoms with Crippen LogP contribution in [0, 0.1) is 5.41 Å². The second-order valence-corrected chi connectivity index (χ2v) is 5.62. The number of rotatable bonds is 2. The van der Waals surface area contributed by atoms with E-state index in [1.54, 1.807) is 14.2 Å². The summed E-state index contributed by atoms with van der Waals surface area (Å²) in [7, 11) is 3.43. The summed E-state index contributed by atoms with van der Waals surface area (Å²) in [6.07, 6.45) is 4.97. The third-order valence-corrected chi connectivity index (χ3v) is 3.64. The van der Waals surface area contributed by atoms with Crippen LogP contribution in [-0.4, -0.2) is 19.8 Å². The summed E-state index contributed by atoms with van der Waals surface area (Å²) in [6, 6.07) is 0. The largest absolute Gasteiger partial charge is 0.497 e. The van der Waals surface area contributed by atoms with Gasteiger partial charge in [0, 0.05) is 13.5 Å². The van der Waals surface area contributed by atoms with Crippen LogP contribution in [-0.2, 0) is 9.47 Å². The van der Waals surface area contributed by atoms with Gasteiger partial charge < -0.3 is 9.47 Å². The molecule has 1 aliphatic rings. The van der Waals surface area contributed by atoms with Gasteiger partial charge in [-0.15, -0.1) is 0 Å². The Bertz CT molecular complexity index is 299. The van der Waals surface area contributed by atoms with E-state index in [0.717, 1.165) is 16.7 Å². The van der Waals surface area contributed by atoms with Gasteiger partial charge in [0.1, 0.15) is 11.4 Å². The molecule has 0 spiro atoms. The molecule has 15 heavy (non-hydrogen) atoms. The molecule has 0 saturated carbocycles. The molecule has 0 radical (unpaired) electrons. The molecule has 0 amide bonds. The molecule has 0 bridgehead atoms. The molecule has 0 aromatic carbocycles. The van der Waals surface area contributed by atoms with Gasteiger partial charge in [-0.3, -0.25) is 0 Å². The van der Waals surface area contributed by atoms with Crippen LogP contribution in [0.25, 0.3) is 0 Å². The smallest absolute Gasteiger partial charge is 0.142 e. The lowest BCUT2D eigenvalue weighted by molar-refractivity contribution is -0.0919. The summed E-state index contributed by atoms with van der Waals surface area (Å²) in [5.74, 6) is 0.875. The first kappa shape index (κ1) is 12.8. The highest BCUT2D eigenvalue weighted by Crippen LogP contribution is 2.46. The summed E-state index contributed by atoms with van der Waals surface area (Å²) >= 11 is 3.51. The van der Waals surface area contributed by atoms with Crippen molar-refractivity contribution in [3.05, 3.63) is 22.4 Å². The van der Waals surface area contributed by atoms with Crippen LogP contribution in [0.2, 0.25) is 0 Å². The number of hydrogen-bond acceptors (Lipinski definition) is 2. The number of halogens is 1. The van der Waals surface area contributed by atoms with Gasteiger partial charge in [-0.1, -0.05) is 26.8 Å². The first-order chi connectivity index (χ1) is 6.89. The van der Waals surface area contributed by atoms with E-state index in [9.17, 15) is 0 Å². The average molecular weight is 275 g/mol. The molecule has 0 N–H and O–H groups in total. The molecule has 2 nitrogen and oxygen atoms in total. The topological polar surface area (TPSA) is 18.5 Å².